The monoisotopic (exact) mass is 335 g/mol. The van der Waals surface area contributed by atoms with Crippen molar-refractivity contribution in [2.75, 3.05) is 26.2 Å². The van der Waals surface area contributed by atoms with Crippen molar-refractivity contribution in [1.82, 2.24) is 25.1 Å². The molecule has 4 heterocycles. The highest BCUT2D eigenvalue weighted by atomic mass is 16.5. The molecule has 0 unspecified atom stereocenters. The van der Waals surface area contributed by atoms with Crippen LogP contribution in [0, 0.1) is 5.92 Å². The topological polar surface area (TPSA) is 85.9 Å². The van der Waals surface area contributed by atoms with E-state index in [1.807, 2.05) is 0 Å². The Balaban J connectivity index is 1.36. The lowest BCUT2D eigenvalue weighted by atomic mass is 9.99. The van der Waals surface area contributed by atoms with Crippen LogP contribution in [0.4, 0.5) is 4.79 Å². The lowest BCUT2D eigenvalue weighted by Gasteiger charge is -2.29. The van der Waals surface area contributed by atoms with Crippen LogP contribution in [-0.2, 0) is 6.42 Å². The van der Waals surface area contributed by atoms with Crippen molar-refractivity contribution in [2.45, 2.75) is 51.1 Å². The molecule has 0 saturated carbocycles. The Labute approximate surface area is 141 Å². The number of urea groups is 1. The maximum atomic E-state index is 12.0. The summed E-state index contributed by atoms with van der Waals surface area (Å²) in [6.45, 7) is 6.06. The molecule has 2 atom stereocenters. The highest BCUT2D eigenvalue weighted by Crippen LogP contribution is 2.36. The zero-order valence-corrected chi connectivity index (χ0v) is 14.1. The summed E-state index contributed by atoms with van der Waals surface area (Å²) in [5, 5.41) is 18.9. The third-order valence-electron chi connectivity index (χ3n) is 5.63. The average molecular weight is 335 g/mol. The lowest BCUT2D eigenvalue weighted by molar-refractivity contribution is -0.0584. The van der Waals surface area contributed by atoms with E-state index in [0.29, 0.717) is 18.3 Å². The van der Waals surface area contributed by atoms with Crippen molar-refractivity contribution in [3.8, 4) is 0 Å². The van der Waals surface area contributed by atoms with Crippen molar-refractivity contribution >= 4 is 6.03 Å². The molecule has 0 radical (unpaired) electrons. The molecule has 3 fully saturated rings. The standard InChI is InChI=1S/C16H25N5O3/c1-11-4-7-19(8-5-11)9-6-14-17-18-15(24-14)13-3-2-12-10-20(13)16(22)21(12)23/h11-13,23H,2-10H2,1H3/t12-,13+/m1/s1. The fraction of sp³-hybridized carbons (Fsp3) is 0.812. The second-order valence-electron chi connectivity index (χ2n) is 7.33. The number of amides is 2. The molecule has 8 nitrogen and oxygen atoms in total. The Kier molecular flexibility index (Phi) is 4.17. The number of piperidine rings is 2. The van der Waals surface area contributed by atoms with Gasteiger partial charge >= 0.3 is 6.03 Å². The van der Waals surface area contributed by atoms with Gasteiger partial charge in [-0.15, -0.1) is 10.2 Å². The molecule has 3 aliphatic rings. The lowest BCUT2D eigenvalue weighted by Crippen LogP contribution is -2.34. The number of carbonyl (C=O) groups excluding carboxylic acids is 1. The molecule has 2 bridgehead atoms. The van der Waals surface area contributed by atoms with Gasteiger partial charge in [-0.25, -0.2) is 9.86 Å². The molecule has 1 aromatic rings. The van der Waals surface area contributed by atoms with Crippen LogP contribution in [-0.4, -0.2) is 68.5 Å². The summed E-state index contributed by atoms with van der Waals surface area (Å²) in [5.41, 5.74) is 0. The van der Waals surface area contributed by atoms with Gasteiger partial charge in [0.25, 0.3) is 0 Å². The first-order valence-electron chi connectivity index (χ1n) is 8.95. The van der Waals surface area contributed by atoms with Gasteiger partial charge in [0.2, 0.25) is 11.8 Å². The molecule has 8 heteroatoms. The summed E-state index contributed by atoms with van der Waals surface area (Å²) in [6.07, 6.45) is 4.77. The van der Waals surface area contributed by atoms with Crippen LogP contribution in [0.1, 0.15) is 50.4 Å². The van der Waals surface area contributed by atoms with E-state index in [1.54, 1.807) is 4.90 Å². The third kappa shape index (κ3) is 2.88. The van der Waals surface area contributed by atoms with E-state index in [2.05, 4.69) is 22.0 Å². The first kappa shape index (κ1) is 15.8. The molecular weight excluding hydrogens is 310 g/mol. The number of nitrogens with zero attached hydrogens (tertiary/aromatic N) is 5. The largest absolute Gasteiger partial charge is 0.423 e. The van der Waals surface area contributed by atoms with E-state index in [4.69, 9.17) is 4.42 Å². The molecule has 2 amide bonds. The number of likely N-dealkylation sites (tertiary alicyclic amines) is 1. The van der Waals surface area contributed by atoms with Gasteiger partial charge < -0.3 is 14.2 Å². The summed E-state index contributed by atoms with van der Waals surface area (Å²) in [5.74, 6) is 1.97. The van der Waals surface area contributed by atoms with Crippen molar-refractivity contribution in [2.24, 2.45) is 5.92 Å². The maximum Gasteiger partial charge on any atom is 0.344 e. The number of rotatable bonds is 4. The van der Waals surface area contributed by atoms with Crippen LogP contribution in [0.3, 0.4) is 0 Å². The first-order valence-corrected chi connectivity index (χ1v) is 8.95. The SMILES string of the molecule is CC1CCN(CCc2nnc([C@@H]3CC[C@@H]4CN3C(=O)N4O)o2)CC1. The van der Waals surface area contributed by atoms with Gasteiger partial charge in [-0.1, -0.05) is 6.92 Å². The average Bonchev–Trinajstić information content (AvgIpc) is 3.15. The van der Waals surface area contributed by atoms with Gasteiger partial charge in [0.1, 0.15) is 6.04 Å². The number of fused-ring (bicyclic) bond motifs is 2. The summed E-state index contributed by atoms with van der Waals surface area (Å²) < 4.78 is 5.83. The normalized spacial score (nSPS) is 28.8. The Hall–Kier alpha value is -1.67. The van der Waals surface area contributed by atoms with E-state index in [0.717, 1.165) is 49.9 Å². The zero-order chi connectivity index (χ0) is 16.7. The molecule has 0 spiro atoms. The summed E-state index contributed by atoms with van der Waals surface area (Å²) >= 11 is 0. The maximum absolute atomic E-state index is 12.0. The van der Waals surface area contributed by atoms with Gasteiger partial charge in [0.15, 0.2) is 0 Å². The predicted molar refractivity (Wildman–Crippen MR) is 84.3 cm³/mol. The van der Waals surface area contributed by atoms with Crippen LogP contribution >= 0.6 is 0 Å². The predicted octanol–water partition coefficient (Wildman–Crippen LogP) is 1.67. The van der Waals surface area contributed by atoms with Crippen molar-refractivity contribution in [1.29, 1.82) is 0 Å². The molecule has 1 aromatic heterocycles. The smallest absolute Gasteiger partial charge is 0.344 e. The van der Waals surface area contributed by atoms with Gasteiger partial charge in [-0.05, 0) is 44.7 Å². The second-order valence-corrected chi connectivity index (χ2v) is 7.33. The van der Waals surface area contributed by atoms with E-state index >= 15 is 0 Å². The summed E-state index contributed by atoms with van der Waals surface area (Å²) in [6, 6.07) is -0.662. The quantitative estimate of drug-likeness (QED) is 0.843. The molecule has 0 aromatic carbocycles. The van der Waals surface area contributed by atoms with Crippen molar-refractivity contribution < 1.29 is 14.4 Å². The molecule has 1 N–H and O–H groups in total. The number of hydrogen-bond acceptors (Lipinski definition) is 6. The van der Waals surface area contributed by atoms with Gasteiger partial charge in [0.05, 0.1) is 6.04 Å². The van der Waals surface area contributed by atoms with E-state index < -0.39 is 0 Å². The van der Waals surface area contributed by atoms with Gasteiger partial charge in [-0.2, -0.15) is 0 Å². The van der Waals surface area contributed by atoms with E-state index in [1.165, 1.54) is 12.8 Å². The van der Waals surface area contributed by atoms with Crippen LogP contribution in [0.25, 0.3) is 0 Å². The molecule has 132 valence electrons. The summed E-state index contributed by atoms with van der Waals surface area (Å²) in [7, 11) is 0. The second kappa shape index (κ2) is 6.33. The fourth-order valence-electron chi connectivity index (χ4n) is 3.95. The number of aromatic nitrogens is 2. The van der Waals surface area contributed by atoms with Crippen molar-refractivity contribution in [3.05, 3.63) is 11.8 Å². The highest BCUT2D eigenvalue weighted by molar-refractivity contribution is 5.76. The Morgan fingerprint density at radius 2 is 2.00 bits per heavy atom. The number of hydrogen-bond donors (Lipinski definition) is 1. The highest BCUT2D eigenvalue weighted by Gasteiger charge is 2.46. The fourth-order valence-corrected chi connectivity index (χ4v) is 3.95. The van der Waals surface area contributed by atoms with E-state index in [9.17, 15) is 10.0 Å². The molecule has 3 aliphatic heterocycles. The molecule has 0 aliphatic carbocycles. The van der Waals surface area contributed by atoms with Gasteiger partial charge in [-0.3, -0.25) is 5.21 Å². The minimum Gasteiger partial charge on any atom is -0.423 e. The Morgan fingerprint density at radius 3 is 2.79 bits per heavy atom. The van der Waals surface area contributed by atoms with Crippen LogP contribution in [0.2, 0.25) is 0 Å². The van der Waals surface area contributed by atoms with Crippen LogP contribution in [0.15, 0.2) is 4.42 Å². The van der Waals surface area contributed by atoms with Crippen molar-refractivity contribution in [3.63, 3.8) is 0 Å². The van der Waals surface area contributed by atoms with Gasteiger partial charge in [0, 0.05) is 19.5 Å². The zero-order valence-electron chi connectivity index (χ0n) is 14.1. The van der Waals surface area contributed by atoms with Crippen LogP contribution < -0.4 is 0 Å². The summed E-state index contributed by atoms with van der Waals surface area (Å²) in [4.78, 5) is 16.1. The number of hydroxylamine groups is 2. The minimum atomic E-state index is -0.357. The Morgan fingerprint density at radius 1 is 1.21 bits per heavy atom. The number of carbonyl (C=O) groups is 1. The molecular formula is C16H25N5O3. The minimum absolute atomic E-state index is 0.0994. The third-order valence-corrected chi connectivity index (χ3v) is 5.63. The first-order chi connectivity index (χ1) is 11.6. The Bertz CT molecular complexity index is 598. The molecule has 24 heavy (non-hydrogen) atoms. The molecule has 3 saturated heterocycles. The van der Waals surface area contributed by atoms with E-state index in [-0.39, 0.29) is 18.1 Å². The van der Waals surface area contributed by atoms with Crippen LogP contribution in [0.5, 0.6) is 0 Å². The molecule has 4 rings (SSSR count).